The SMILES string of the molecule is Nc1ccc(N=Nc2ccc(N=Nc3c(S(=O)(=O)O)cc4c(S(=O)(=O)[O-])ccc(N)c4c3[O-])cc2)c(N)c1.[Na+].[Na+]. The first-order valence-corrected chi connectivity index (χ1v) is 13.2. The molecule has 40 heavy (non-hydrogen) atoms. The molecule has 0 aliphatic carbocycles. The molecular weight excluding hydrogens is 584 g/mol. The molecule has 7 N–H and O–H groups in total. The summed E-state index contributed by atoms with van der Waals surface area (Å²) in [5.74, 6) is -1.16. The smallest absolute Gasteiger partial charge is 0.870 e. The van der Waals surface area contributed by atoms with Gasteiger partial charge in [0.2, 0.25) is 0 Å². The number of fused-ring (bicyclic) bond motifs is 1. The molecule has 0 aliphatic heterocycles. The third kappa shape index (κ3) is 7.35. The summed E-state index contributed by atoms with van der Waals surface area (Å²) in [4.78, 5) is -1.95. The molecule has 0 saturated heterocycles. The second-order valence-corrected chi connectivity index (χ2v) is 10.5. The predicted octanol–water partition coefficient (Wildman–Crippen LogP) is -2.35. The average Bonchev–Trinajstić information content (AvgIpc) is 2.82. The summed E-state index contributed by atoms with van der Waals surface area (Å²) in [7, 11) is -10.2. The summed E-state index contributed by atoms with van der Waals surface area (Å²) in [6.07, 6.45) is 0. The van der Waals surface area contributed by atoms with E-state index in [0.29, 0.717) is 28.8 Å². The molecule has 0 aromatic heterocycles. The predicted molar refractivity (Wildman–Crippen MR) is 136 cm³/mol. The van der Waals surface area contributed by atoms with Gasteiger partial charge in [-0.05, 0) is 60.7 Å². The minimum Gasteiger partial charge on any atom is -0.870 e. The first kappa shape index (κ1) is 33.6. The van der Waals surface area contributed by atoms with Gasteiger partial charge >= 0.3 is 59.1 Å². The largest absolute Gasteiger partial charge is 1.00 e. The van der Waals surface area contributed by atoms with Crippen LogP contribution in [0.5, 0.6) is 5.75 Å². The Bertz CT molecular complexity index is 1870. The molecule has 0 unspecified atom stereocenters. The van der Waals surface area contributed by atoms with Crippen molar-refractivity contribution in [1.29, 1.82) is 0 Å². The van der Waals surface area contributed by atoms with Gasteiger partial charge < -0.3 is 26.9 Å². The van der Waals surface area contributed by atoms with E-state index in [4.69, 9.17) is 17.2 Å². The Labute approximate surface area is 272 Å². The summed E-state index contributed by atoms with van der Waals surface area (Å²) >= 11 is 0. The monoisotopic (exact) mass is 601 g/mol. The van der Waals surface area contributed by atoms with E-state index >= 15 is 0 Å². The van der Waals surface area contributed by atoms with Crippen molar-refractivity contribution in [3.63, 3.8) is 0 Å². The number of nitrogen functional groups attached to an aromatic ring is 3. The van der Waals surface area contributed by atoms with Gasteiger partial charge in [-0.15, -0.1) is 10.2 Å². The molecule has 0 bridgehead atoms. The fraction of sp³-hybridized carbons (Fsp3) is 0. The second-order valence-electron chi connectivity index (χ2n) is 7.79. The zero-order valence-electron chi connectivity index (χ0n) is 21.0. The Hall–Kier alpha value is -2.64. The fourth-order valence-corrected chi connectivity index (χ4v) is 4.73. The van der Waals surface area contributed by atoms with Gasteiger partial charge in [-0.1, -0.05) is 5.75 Å². The van der Waals surface area contributed by atoms with Crippen molar-refractivity contribution < 1.29 is 90.2 Å². The third-order valence-corrected chi connectivity index (χ3v) is 6.94. The molecule has 0 saturated carbocycles. The molecule has 4 aromatic rings. The van der Waals surface area contributed by atoms with E-state index in [1.807, 2.05) is 0 Å². The van der Waals surface area contributed by atoms with E-state index in [9.17, 15) is 31.0 Å². The molecule has 0 atom stereocenters. The topological polar surface area (TPSA) is 262 Å². The molecule has 4 aromatic carbocycles. The van der Waals surface area contributed by atoms with Gasteiger partial charge in [-0.2, -0.15) is 18.6 Å². The van der Waals surface area contributed by atoms with E-state index in [1.165, 1.54) is 30.3 Å². The molecule has 196 valence electrons. The number of nitrogens with zero attached hydrogens (tertiary/aromatic N) is 4. The number of anilines is 3. The molecule has 14 nitrogen and oxygen atoms in total. The Morgan fingerprint density at radius 3 is 1.80 bits per heavy atom. The Balaban J connectivity index is 0.00000280. The first-order chi connectivity index (χ1) is 17.8. The fourth-order valence-electron chi connectivity index (χ4n) is 3.42. The van der Waals surface area contributed by atoms with E-state index in [2.05, 4.69) is 20.5 Å². The minimum absolute atomic E-state index is 0. The molecule has 4 rings (SSSR count). The summed E-state index contributed by atoms with van der Waals surface area (Å²) in [6, 6.07) is 13.1. The van der Waals surface area contributed by atoms with Crippen molar-refractivity contribution in [2.75, 3.05) is 17.2 Å². The quantitative estimate of drug-likeness (QED) is 0.0791. The van der Waals surface area contributed by atoms with Crippen LogP contribution in [-0.2, 0) is 20.2 Å². The third-order valence-electron chi connectivity index (χ3n) is 5.18. The van der Waals surface area contributed by atoms with Crippen LogP contribution in [-0.4, -0.2) is 25.9 Å². The van der Waals surface area contributed by atoms with Crippen molar-refractivity contribution in [1.82, 2.24) is 0 Å². The van der Waals surface area contributed by atoms with Crippen LogP contribution in [0.1, 0.15) is 0 Å². The van der Waals surface area contributed by atoms with Crippen molar-refractivity contribution in [2.24, 2.45) is 20.5 Å². The number of nitrogens with two attached hydrogens (primary N) is 3. The van der Waals surface area contributed by atoms with Gasteiger partial charge in [0, 0.05) is 22.1 Å². The summed E-state index contributed by atoms with van der Waals surface area (Å²) in [5, 5.41) is 27.6. The van der Waals surface area contributed by atoms with Gasteiger partial charge in [0.25, 0.3) is 10.1 Å². The molecule has 0 amide bonds. The van der Waals surface area contributed by atoms with Crippen molar-refractivity contribution >= 4 is 70.8 Å². The average molecular weight is 602 g/mol. The van der Waals surface area contributed by atoms with Crippen molar-refractivity contribution in [3.8, 4) is 5.75 Å². The minimum atomic E-state index is -5.13. The van der Waals surface area contributed by atoms with Crippen molar-refractivity contribution in [2.45, 2.75) is 9.79 Å². The van der Waals surface area contributed by atoms with Gasteiger partial charge in [0.1, 0.15) is 20.7 Å². The molecular formula is C22H17N7Na2O7S2. The van der Waals surface area contributed by atoms with Crippen LogP contribution in [0.25, 0.3) is 10.8 Å². The Kier molecular flexibility index (Phi) is 10.8. The summed E-state index contributed by atoms with van der Waals surface area (Å²) in [6.45, 7) is 0. The molecule has 0 heterocycles. The molecule has 0 aliphatic rings. The second kappa shape index (κ2) is 12.9. The van der Waals surface area contributed by atoms with Gasteiger partial charge in [0.15, 0.2) is 0 Å². The zero-order valence-corrected chi connectivity index (χ0v) is 26.6. The molecule has 0 spiro atoms. The van der Waals surface area contributed by atoms with E-state index in [0.717, 1.165) is 12.1 Å². The van der Waals surface area contributed by atoms with Crippen LogP contribution in [0.4, 0.5) is 39.8 Å². The number of hydrogen-bond acceptors (Lipinski definition) is 13. The molecule has 0 fully saturated rings. The standard InChI is InChI=1S/C22H19N7O7S2.2Na/c23-11-1-7-17(16(25)9-11)28-26-12-2-4-13(5-3-12)27-29-21-19(38(34,35)36)10-14-18(37(31,32)33)8-6-15(24)20(14)22(21)30;;/h1-10,30H,23-25H2,(H,31,32,33)(H,34,35,36);;/q;2*+1/p-2. The maximum Gasteiger partial charge on any atom is 1.00 e. The Morgan fingerprint density at radius 2 is 1.27 bits per heavy atom. The number of azo groups is 2. The van der Waals surface area contributed by atoms with Gasteiger partial charge in [-0.3, -0.25) is 4.55 Å². The van der Waals surface area contributed by atoms with E-state index < -0.39 is 52.2 Å². The number of rotatable bonds is 6. The van der Waals surface area contributed by atoms with Gasteiger partial charge in [-0.25, -0.2) is 8.42 Å². The molecule has 18 heteroatoms. The summed E-state index contributed by atoms with van der Waals surface area (Å²) in [5.41, 5.74) is 17.9. The molecule has 0 radical (unpaired) electrons. The van der Waals surface area contributed by atoms with Crippen LogP contribution in [0.2, 0.25) is 0 Å². The van der Waals surface area contributed by atoms with Gasteiger partial charge in [0.05, 0.1) is 27.6 Å². The van der Waals surface area contributed by atoms with Crippen LogP contribution in [0, 0.1) is 0 Å². The first-order valence-electron chi connectivity index (χ1n) is 10.3. The van der Waals surface area contributed by atoms with Crippen LogP contribution in [0.3, 0.4) is 0 Å². The van der Waals surface area contributed by atoms with Crippen LogP contribution in [0.15, 0.2) is 90.9 Å². The Morgan fingerprint density at radius 1 is 0.700 bits per heavy atom. The zero-order chi connectivity index (χ0) is 27.8. The van der Waals surface area contributed by atoms with Crippen molar-refractivity contribution in [3.05, 3.63) is 60.7 Å². The summed E-state index contributed by atoms with van der Waals surface area (Å²) < 4.78 is 68.6. The number of benzene rings is 4. The maximum atomic E-state index is 13.1. The van der Waals surface area contributed by atoms with E-state index in [-0.39, 0.29) is 70.5 Å². The number of hydrogen-bond donors (Lipinski definition) is 4. The maximum absolute atomic E-state index is 13.1. The van der Waals surface area contributed by atoms with E-state index in [1.54, 1.807) is 12.1 Å². The van der Waals surface area contributed by atoms with Crippen LogP contribution >= 0.6 is 0 Å². The normalized spacial score (nSPS) is 11.9. The van der Waals surface area contributed by atoms with Crippen LogP contribution < -0.4 is 81.4 Å².